The normalized spacial score (nSPS) is 12.0. The van der Waals surface area contributed by atoms with Crippen molar-refractivity contribution in [2.24, 2.45) is 5.14 Å². The maximum atomic E-state index is 13.3. The van der Waals surface area contributed by atoms with E-state index in [-0.39, 0.29) is 10.6 Å². The van der Waals surface area contributed by atoms with Gasteiger partial charge < -0.3 is 4.90 Å². The molecule has 0 bridgehead atoms. The fourth-order valence-corrected chi connectivity index (χ4v) is 4.56. The van der Waals surface area contributed by atoms with E-state index in [1.165, 1.54) is 34.4 Å². The first-order chi connectivity index (χ1) is 13.1. The van der Waals surface area contributed by atoms with Crippen molar-refractivity contribution in [2.45, 2.75) is 4.90 Å². The minimum atomic E-state index is -4.02. The molecule has 3 rings (SSSR count). The summed E-state index contributed by atoms with van der Waals surface area (Å²) in [6.07, 6.45) is 1.53. The van der Waals surface area contributed by atoms with Gasteiger partial charge in [0.1, 0.15) is 0 Å². The molecule has 0 aliphatic rings. The molecule has 0 aliphatic carbocycles. The van der Waals surface area contributed by atoms with E-state index in [2.05, 4.69) is 4.72 Å². The molecule has 3 N–H and O–H groups in total. The predicted octanol–water partition coefficient (Wildman–Crippen LogP) is 2.07. The van der Waals surface area contributed by atoms with Crippen LogP contribution in [0.2, 0.25) is 0 Å². The van der Waals surface area contributed by atoms with Crippen LogP contribution >= 0.6 is 0 Å². The molecule has 0 amide bonds. The smallest absolute Gasteiger partial charge is 0.296 e. The molecule has 0 saturated carbocycles. The van der Waals surface area contributed by atoms with Gasteiger partial charge in [0.15, 0.2) is 0 Å². The Balaban J connectivity index is 2.16. The van der Waals surface area contributed by atoms with Crippen LogP contribution in [0.15, 0.2) is 71.8 Å². The molecule has 2 aromatic carbocycles. The Morgan fingerprint density at radius 3 is 2.21 bits per heavy atom. The zero-order valence-corrected chi connectivity index (χ0v) is 16.9. The largest absolute Gasteiger partial charge is 0.376 e. The monoisotopic (exact) mass is 420 g/mol. The molecule has 10 heteroatoms. The Morgan fingerprint density at radius 1 is 0.929 bits per heavy atom. The summed E-state index contributed by atoms with van der Waals surface area (Å²) in [6.45, 7) is 0. The highest BCUT2D eigenvalue weighted by Gasteiger charge is 2.23. The zero-order valence-electron chi connectivity index (χ0n) is 15.3. The van der Waals surface area contributed by atoms with E-state index in [4.69, 9.17) is 5.14 Å². The Hall–Kier alpha value is -2.82. The van der Waals surface area contributed by atoms with Crippen molar-refractivity contribution in [3.8, 4) is 11.3 Å². The van der Waals surface area contributed by atoms with Crippen LogP contribution in [0.3, 0.4) is 0 Å². The summed E-state index contributed by atoms with van der Waals surface area (Å²) >= 11 is 0. The van der Waals surface area contributed by atoms with E-state index >= 15 is 0 Å². The van der Waals surface area contributed by atoms with Gasteiger partial charge in [0, 0.05) is 20.3 Å². The van der Waals surface area contributed by atoms with E-state index in [1.54, 1.807) is 11.0 Å². The lowest BCUT2D eigenvalue weighted by Gasteiger charge is -2.12. The number of rotatable bonds is 6. The van der Waals surface area contributed by atoms with Crippen molar-refractivity contribution >= 4 is 31.6 Å². The van der Waals surface area contributed by atoms with Crippen LogP contribution in [-0.2, 0) is 20.2 Å². The number of nitrogens with one attached hydrogen (secondary N) is 1. The van der Waals surface area contributed by atoms with E-state index in [0.29, 0.717) is 11.4 Å². The van der Waals surface area contributed by atoms with Crippen molar-refractivity contribution in [3.05, 3.63) is 66.9 Å². The van der Waals surface area contributed by atoms with Crippen LogP contribution < -0.4 is 14.8 Å². The lowest BCUT2D eigenvalue weighted by molar-refractivity contribution is 0.587. The number of aromatic nitrogens is 1. The Bertz CT molecular complexity index is 1200. The van der Waals surface area contributed by atoms with Crippen LogP contribution in [0.1, 0.15) is 0 Å². The summed E-state index contributed by atoms with van der Waals surface area (Å²) in [5.74, 6) is 0. The van der Waals surface area contributed by atoms with E-state index in [1.807, 2.05) is 44.4 Å². The van der Waals surface area contributed by atoms with Crippen molar-refractivity contribution in [1.82, 2.24) is 3.97 Å². The number of nitrogens with two attached hydrogens (primary N) is 1. The first-order valence-electron chi connectivity index (χ1n) is 8.19. The average molecular weight is 421 g/mol. The Kier molecular flexibility index (Phi) is 5.20. The molecule has 0 fully saturated rings. The van der Waals surface area contributed by atoms with Crippen molar-refractivity contribution in [1.29, 1.82) is 0 Å². The summed E-state index contributed by atoms with van der Waals surface area (Å²) in [7, 11) is -4.38. The molecule has 1 heterocycles. The maximum absolute atomic E-state index is 13.3. The van der Waals surface area contributed by atoms with Gasteiger partial charge in [0.2, 0.25) is 0 Å². The first-order valence-corrected chi connectivity index (χ1v) is 11.2. The van der Waals surface area contributed by atoms with Gasteiger partial charge in [-0.2, -0.15) is 8.42 Å². The third-order valence-corrected chi connectivity index (χ3v) is 6.20. The summed E-state index contributed by atoms with van der Waals surface area (Å²) in [4.78, 5) is 1.73. The molecule has 1 aromatic heterocycles. The summed E-state index contributed by atoms with van der Waals surface area (Å²) in [6, 6.07) is 16.4. The topological polar surface area (TPSA) is 114 Å². The molecule has 0 saturated heterocycles. The molecule has 0 unspecified atom stereocenters. The second-order valence-electron chi connectivity index (χ2n) is 6.32. The highest BCUT2D eigenvalue weighted by atomic mass is 32.2. The van der Waals surface area contributed by atoms with E-state index in [0.717, 1.165) is 5.56 Å². The van der Waals surface area contributed by atoms with Gasteiger partial charge in [-0.1, -0.05) is 36.4 Å². The standard InChI is InChI=1S/C18H20N4O4S2/c1-21(2)16-12-18(14-7-4-3-5-8-14)22(13-16)27(23,24)17-10-6-9-15(11-17)20-28(19,25)26/h3-13,20H,1-2H3,(H2,19,25,26). The highest BCUT2D eigenvalue weighted by molar-refractivity contribution is 7.90. The van der Waals surface area contributed by atoms with Gasteiger partial charge >= 0.3 is 0 Å². The predicted molar refractivity (Wildman–Crippen MR) is 110 cm³/mol. The highest BCUT2D eigenvalue weighted by Crippen LogP contribution is 2.30. The quantitative estimate of drug-likeness (QED) is 0.634. The third kappa shape index (κ3) is 4.19. The molecule has 0 aliphatic heterocycles. The maximum Gasteiger partial charge on any atom is 0.296 e. The lowest BCUT2D eigenvalue weighted by atomic mass is 10.1. The van der Waals surface area contributed by atoms with Gasteiger partial charge in [0.05, 0.1) is 22.0 Å². The van der Waals surface area contributed by atoms with Gasteiger partial charge in [0.25, 0.3) is 20.2 Å². The second kappa shape index (κ2) is 7.30. The summed E-state index contributed by atoms with van der Waals surface area (Å²) in [5, 5.41) is 4.98. The number of benzene rings is 2. The molecule has 0 spiro atoms. The van der Waals surface area contributed by atoms with Crippen LogP contribution in [0.4, 0.5) is 11.4 Å². The molecule has 0 radical (unpaired) electrons. The molecule has 8 nitrogen and oxygen atoms in total. The fourth-order valence-electron chi connectivity index (χ4n) is 2.69. The minimum absolute atomic E-state index is 0.0600. The summed E-state index contributed by atoms with van der Waals surface area (Å²) < 4.78 is 52.4. The van der Waals surface area contributed by atoms with Crippen molar-refractivity contribution < 1.29 is 16.8 Å². The van der Waals surface area contributed by atoms with E-state index < -0.39 is 20.2 Å². The van der Waals surface area contributed by atoms with Crippen molar-refractivity contribution in [2.75, 3.05) is 23.7 Å². The third-order valence-electron chi connectivity index (χ3n) is 4.01. The van der Waals surface area contributed by atoms with E-state index in [9.17, 15) is 16.8 Å². The SMILES string of the molecule is CN(C)c1cc(-c2ccccc2)n(S(=O)(=O)c2cccc(NS(N)(=O)=O)c2)c1. The molecule has 0 atom stereocenters. The number of anilines is 2. The first kappa shape index (κ1) is 19.9. The van der Waals surface area contributed by atoms with Crippen LogP contribution in [0, 0.1) is 0 Å². The lowest BCUT2D eigenvalue weighted by Crippen LogP contribution is -2.22. The number of hydrogen-bond acceptors (Lipinski definition) is 5. The molecule has 28 heavy (non-hydrogen) atoms. The van der Waals surface area contributed by atoms with Gasteiger partial charge in [-0.25, -0.2) is 17.5 Å². The van der Waals surface area contributed by atoms with Gasteiger partial charge in [-0.05, 0) is 29.8 Å². The van der Waals surface area contributed by atoms with Crippen LogP contribution in [0.5, 0.6) is 0 Å². The van der Waals surface area contributed by atoms with Crippen molar-refractivity contribution in [3.63, 3.8) is 0 Å². The molecule has 148 valence electrons. The average Bonchev–Trinajstić information content (AvgIpc) is 3.08. The number of hydrogen-bond donors (Lipinski definition) is 2. The molecular weight excluding hydrogens is 400 g/mol. The van der Waals surface area contributed by atoms with Crippen LogP contribution in [-0.4, -0.2) is 34.9 Å². The van der Waals surface area contributed by atoms with Gasteiger partial charge in [-0.15, -0.1) is 0 Å². The second-order valence-corrected chi connectivity index (χ2v) is 9.43. The van der Waals surface area contributed by atoms with Gasteiger partial charge in [-0.3, -0.25) is 4.72 Å². The Labute approximate surface area is 164 Å². The number of nitrogens with zero attached hydrogens (tertiary/aromatic N) is 2. The van der Waals surface area contributed by atoms with Crippen LogP contribution in [0.25, 0.3) is 11.3 Å². The molecular formula is C18H20N4O4S2. The Morgan fingerprint density at radius 2 is 1.61 bits per heavy atom. The zero-order chi connectivity index (χ0) is 20.5. The summed E-state index contributed by atoms with van der Waals surface area (Å²) in [5.41, 5.74) is 2.00. The fraction of sp³-hybridized carbons (Fsp3) is 0.111. The molecule has 3 aromatic rings. The minimum Gasteiger partial charge on any atom is -0.376 e.